The number of hydrogen-bond donors (Lipinski definition) is 0. The van der Waals surface area contributed by atoms with Crippen LogP contribution in [0.25, 0.3) is 0 Å². The van der Waals surface area contributed by atoms with Gasteiger partial charge in [-0.2, -0.15) is 0 Å². The topological polar surface area (TPSA) is 26.3 Å². The van der Waals surface area contributed by atoms with Crippen LogP contribution in [0.5, 0.6) is 0 Å². The van der Waals surface area contributed by atoms with Gasteiger partial charge in [-0.05, 0) is 27.2 Å². The van der Waals surface area contributed by atoms with Crippen LogP contribution in [0.4, 0.5) is 0 Å². The molecule has 0 rings (SSSR count). The van der Waals surface area contributed by atoms with E-state index in [1.807, 2.05) is 13.8 Å². The molecule has 0 aliphatic rings. The molecular weight excluding hydrogens is 164 g/mol. The molecule has 0 fully saturated rings. The Morgan fingerprint density at radius 3 is 2.46 bits per heavy atom. The summed E-state index contributed by atoms with van der Waals surface area (Å²) in [6.45, 7) is 13.3. The first kappa shape index (κ1) is 11.9. The largest absolute Gasteiger partial charge is 0.465 e. The van der Waals surface area contributed by atoms with Crippen LogP contribution >= 0.6 is 0 Å². The summed E-state index contributed by atoms with van der Waals surface area (Å²) in [5.74, 6) is -0.229. The molecule has 0 saturated heterocycles. The third-order valence-electron chi connectivity index (χ3n) is 1.86. The average Bonchev–Trinajstić information content (AvgIpc) is 2.03. The summed E-state index contributed by atoms with van der Waals surface area (Å²) in [7, 11) is 0. The van der Waals surface area contributed by atoms with Crippen molar-refractivity contribution in [1.82, 2.24) is 0 Å². The van der Waals surface area contributed by atoms with Crippen LogP contribution in [0.3, 0.4) is 0 Å². The van der Waals surface area contributed by atoms with Crippen molar-refractivity contribution in [2.45, 2.75) is 27.2 Å². The van der Waals surface area contributed by atoms with E-state index in [4.69, 9.17) is 4.74 Å². The Labute approximate surface area is 80.3 Å². The highest BCUT2D eigenvalue weighted by molar-refractivity contribution is 5.78. The van der Waals surface area contributed by atoms with Gasteiger partial charge in [0.25, 0.3) is 0 Å². The van der Waals surface area contributed by atoms with Gasteiger partial charge in [-0.3, -0.25) is 4.79 Å². The molecule has 2 heteroatoms. The summed E-state index contributed by atoms with van der Waals surface area (Å²) >= 11 is 0. The van der Waals surface area contributed by atoms with E-state index in [2.05, 4.69) is 13.2 Å². The van der Waals surface area contributed by atoms with Crippen molar-refractivity contribution < 1.29 is 9.53 Å². The maximum absolute atomic E-state index is 11.5. The number of rotatable bonds is 5. The zero-order chi connectivity index (χ0) is 10.5. The second-order valence-corrected chi connectivity index (χ2v) is 3.48. The summed E-state index contributed by atoms with van der Waals surface area (Å²) in [4.78, 5) is 11.5. The molecule has 0 N–H and O–H groups in total. The highest BCUT2D eigenvalue weighted by atomic mass is 16.5. The summed E-state index contributed by atoms with van der Waals surface area (Å²) in [6.07, 6.45) is 2.22. The first-order chi connectivity index (χ1) is 5.96. The smallest absolute Gasteiger partial charge is 0.315 e. The van der Waals surface area contributed by atoms with E-state index in [1.54, 1.807) is 13.0 Å². The van der Waals surface area contributed by atoms with E-state index in [0.29, 0.717) is 13.0 Å². The van der Waals surface area contributed by atoms with Crippen LogP contribution in [0.1, 0.15) is 27.2 Å². The second-order valence-electron chi connectivity index (χ2n) is 3.48. The SMILES string of the molecule is C=CC(C)(CC(=C)C)C(=O)OCC. The number of hydrogen-bond acceptors (Lipinski definition) is 2. The highest BCUT2D eigenvalue weighted by Gasteiger charge is 2.30. The summed E-state index contributed by atoms with van der Waals surface area (Å²) in [5.41, 5.74) is 0.331. The fourth-order valence-corrected chi connectivity index (χ4v) is 1.15. The van der Waals surface area contributed by atoms with Crippen molar-refractivity contribution in [1.29, 1.82) is 0 Å². The van der Waals surface area contributed by atoms with Gasteiger partial charge in [0.05, 0.1) is 12.0 Å². The number of esters is 1. The van der Waals surface area contributed by atoms with Gasteiger partial charge >= 0.3 is 5.97 Å². The Hall–Kier alpha value is -1.05. The number of carbonyl (C=O) groups excluding carboxylic acids is 1. The van der Waals surface area contributed by atoms with Crippen molar-refractivity contribution in [3.05, 3.63) is 24.8 Å². The van der Waals surface area contributed by atoms with E-state index in [-0.39, 0.29) is 5.97 Å². The van der Waals surface area contributed by atoms with Crippen molar-refractivity contribution in [2.75, 3.05) is 6.61 Å². The van der Waals surface area contributed by atoms with Gasteiger partial charge in [0, 0.05) is 0 Å². The Morgan fingerprint density at radius 2 is 2.15 bits per heavy atom. The standard InChI is InChI=1S/C11H18O2/c1-6-11(5,8-9(3)4)10(12)13-7-2/h6H,1,3,7-8H2,2,4-5H3. The van der Waals surface area contributed by atoms with Gasteiger partial charge in [-0.15, -0.1) is 13.2 Å². The van der Waals surface area contributed by atoms with Crippen LogP contribution in [-0.4, -0.2) is 12.6 Å². The van der Waals surface area contributed by atoms with E-state index in [9.17, 15) is 4.79 Å². The first-order valence-corrected chi connectivity index (χ1v) is 4.41. The number of ether oxygens (including phenoxy) is 1. The molecule has 0 spiro atoms. The van der Waals surface area contributed by atoms with Crippen LogP contribution in [0, 0.1) is 5.41 Å². The zero-order valence-electron chi connectivity index (χ0n) is 8.72. The molecule has 13 heavy (non-hydrogen) atoms. The van der Waals surface area contributed by atoms with Gasteiger partial charge in [0.15, 0.2) is 0 Å². The minimum Gasteiger partial charge on any atom is -0.465 e. The Kier molecular flexibility index (Phi) is 4.46. The van der Waals surface area contributed by atoms with Gasteiger partial charge in [-0.25, -0.2) is 0 Å². The Balaban J connectivity index is 4.51. The van der Waals surface area contributed by atoms with Gasteiger partial charge < -0.3 is 4.74 Å². The molecule has 74 valence electrons. The lowest BCUT2D eigenvalue weighted by molar-refractivity contribution is -0.151. The quantitative estimate of drug-likeness (QED) is 0.482. The van der Waals surface area contributed by atoms with Crippen molar-refractivity contribution >= 4 is 5.97 Å². The molecule has 0 bridgehead atoms. The third-order valence-corrected chi connectivity index (χ3v) is 1.86. The minimum atomic E-state index is -0.623. The predicted octanol–water partition coefficient (Wildman–Crippen LogP) is 2.71. The van der Waals surface area contributed by atoms with Crippen LogP contribution in [-0.2, 0) is 9.53 Å². The van der Waals surface area contributed by atoms with Crippen LogP contribution in [0.2, 0.25) is 0 Å². The Morgan fingerprint density at radius 1 is 1.62 bits per heavy atom. The lowest BCUT2D eigenvalue weighted by Crippen LogP contribution is -2.27. The summed E-state index contributed by atoms with van der Waals surface area (Å²) in [6, 6.07) is 0. The summed E-state index contributed by atoms with van der Waals surface area (Å²) in [5, 5.41) is 0. The minimum absolute atomic E-state index is 0.229. The van der Waals surface area contributed by atoms with E-state index >= 15 is 0 Å². The van der Waals surface area contributed by atoms with Crippen LogP contribution in [0.15, 0.2) is 24.8 Å². The summed E-state index contributed by atoms with van der Waals surface area (Å²) < 4.78 is 4.95. The maximum atomic E-state index is 11.5. The highest BCUT2D eigenvalue weighted by Crippen LogP contribution is 2.27. The first-order valence-electron chi connectivity index (χ1n) is 4.41. The van der Waals surface area contributed by atoms with Crippen molar-refractivity contribution in [2.24, 2.45) is 5.41 Å². The molecule has 0 saturated carbocycles. The fraction of sp³-hybridized carbons (Fsp3) is 0.545. The molecule has 0 aromatic rings. The number of allylic oxidation sites excluding steroid dienone is 1. The molecular formula is C11H18O2. The van der Waals surface area contributed by atoms with Crippen LogP contribution < -0.4 is 0 Å². The van der Waals surface area contributed by atoms with Gasteiger partial charge in [-0.1, -0.05) is 11.6 Å². The molecule has 0 aromatic carbocycles. The molecule has 0 aliphatic carbocycles. The fourth-order valence-electron chi connectivity index (χ4n) is 1.15. The second kappa shape index (κ2) is 4.85. The predicted molar refractivity (Wildman–Crippen MR) is 54.4 cm³/mol. The molecule has 0 heterocycles. The van der Waals surface area contributed by atoms with Crippen molar-refractivity contribution in [3.8, 4) is 0 Å². The molecule has 0 aromatic heterocycles. The molecule has 1 unspecified atom stereocenters. The van der Waals surface area contributed by atoms with E-state index in [1.165, 1.54) is 0 Å². The third kappa shape index (κ3) is 3.45. The van der Waals surface area contributed by atoms with Gasteiger partial charge in [0.2, 0.25) is 0 Å². The van der Waals surface area contributed by atoms with Gasteiger partial charge in [0.1, 0.15) is 0 Å². The lowest BCUT2D eigenvalue weighted by Gasteiger charge is -2.23. The molecule has 1 atom stereocenters. The normalized spacial score (nSPS) is 14.4. The van der Waals surface area contributed by atoms with Crippen molar-refractivity contribution in [3.63, 3.8) is 0 Å². The maximum Gasteiger partial charge on any atom is 0.315 e. The number of carbonyl (C=O) groups is 1. The molecule has 2 nitrogen and oxygen atoms in total. The Bertz CT molecular complexity index is 218. The van der Waals surface area contributed by atoms with E-state index in [0.717, 1.165) is 5.57 Å². The molecule has 0 aliphatic heterocycles. The lowest BCUT2D eigenvalue weighted by atomic mass is 9.84. The monoisotopic (exact) mass is 182 g/mol. The zero-order valence-corrected chi connectivity index (χ0v) is 8.72. The average molecular weight is 182 g/mol. The molecule has 0 amide bonds. The molecule has 0 radical (unpaired) electrons. The van der Waals surface area contributed by atoms with E-state index < -0.39 is 5.41 Å².